The second-order valence-corrected chi connectivity index (χ2v) is 4.58. The summed E-state index contributed by atoms with van der Waals surface area (Å²) in [5.41, 5.74) is 9.05. The Morgan fingerprint density at radius 1 is 1.17 bits per heavy atom. The number of rotatable bonds is 1. The van der Waals surface area contributed by atoms with E-state index in [0.717, 1.165) is 16.6 Å². The molecule has 3 N–H and O–H groups in total. The molecule has 1 aromatic carbocycles. The molecule has 4 nitrogen and oxygen atoms in total. The van der Waals surface area contributed by atoms with Gasteiger partial charge in [-0.05, 0) is 36.8 Å². The first-order valence-corrected chi connectivity index (χ1v) is 5.90. The highest BCUT2D eigenvalue weighted by molar-refractivity contribution is 6.33. The lowest BCUT2D eigenvalue weighted by molar-refractivity contribution is 1.30. The number of aryl methyl sites for hydroxylation is 1. The Kier molecular flexibility index (Phi) is 2.45. The number of nitrogens with zero attached hydrogens (tertiary/aromatic N) is 2. The maximum atomic E-state index is 6.22. The fourth-order valence-electron chi connectivity index (χ4n) is 1.85. The Bertz CT molecular complexity index is 733. The number of imidazole rings is 1. The molecule has 2 heterocycles. The van der Waals surface area contributed by atoms with Crippen LogP contribution in [-0.2, 0) is 0 Å². The number of aromatic nitrogens is 3. The molecule has 18 heavy (non-hydrogen) atoms. The predicted octanol–water partition coefficient (Wildman–Crippen LogP) is 3.17. The largest absolute Gasteiger partial charge is 0.384 e. The van der Waals surface area contributed by atoms with Gasteiger partial charge in [0.2, 0.25) is 0 Å². The van der Waals surface area contributed by atoms with Crippen molar-refractivity contribution in [3.05, 3.63) is 40.9 Å². The van der Waals surface area contributed by atoms with Gasteiger partial charge in [-0.1, -0.05) is 17.7 Å². The third-order valence-corrected chi connectivity index (χ3v) is 3.06. The molecule has 0 radical (unpaired) electrons. The Balaban J connectivity index is 2.19. The average Bonchev–Trinajstić information content (AvgIpc) is 2.71. The van der Waals surface area contributed by atoms with Crippen LogP contribution in [0.4, 0.5) is 5.82 Å². The summed E-state index contributed by atoms with van der Waals surface area (Å²) in [7, 11) is 0. The number of benzene rings is 1. The SMILES string of the molecule is Cc1ccc(-c2nc3nc(N)ccc3[nH]2)c(Cl)c1. The zero-order chi connectivity index (χ0) is 12.7. The van der Waals surface area contributed by atoms with Crippen LogP contribution in [0, 0.1) is 6.92 Å². The smallest absolute Gasteiger partial charge is 0.180 e. The number of H-pyrrole nitrogens is 1. The van der Waals surface area contributed by atoms with Gasteiger partial charge in [-0.3, -0.25) is 0 Å². The van der Waals surface area contributed by atoms with Crippen molar-refractivity contribution in [3.63, 3.8) is 0 Å². The Morgan fingerprint density at radius 3 is 2.78 bits per heavy atom. The number of halogens is 1. The summed E-state index contributed by atoms with van der Waals surface area (Å²) in [6, 6.07) is 9.44. The number of pyridine rings is 1. The molecule has 3 rings (SSSR count). The van der Waals surface area contributed by atoms with E-state index in [4.69, 9.17) is 17.3 Å². The molecule has 0 bridgehead atoms. The number of aromatic amines is 1. The Morgan fingerprint density at radius 2 is 2.00 bits per heavy atom. The number of nitrogen functional groups attached to an aromatic ring is 1. The van der Waals surface area contributed by atoms with Crippen LogP contribution in [0.25, 0.3) is 22.6 Å². The lowest BCUT2D eigenvalue weighted by Crippen LogP contribution is -1.88. The van der Waals surface area contributed by atoms with E-state index in [1.165, 1.54) is 0 Å². The number of fused-ring (bicyclic) bond motifs is 1. The van der Waals surface area contributed by atoms with E-state index in [0.29, 0.717) is 22.3 Å². The van der Waals surface area contributed by atoms with Crippen LogP contribution in [0.3, 0.4) is 0 Å². The molecule has 0 amide bonds. The number of hydrogen-bond donors (Lipinski definition) is 2. The minimum Gasteiger partial charge on any atom is -0.384 e. The maximum absolute atomic E-state index is 6.22. The molecule has 0 aliphatic rings. The van der Waals surface area contributed by atoms with E-state index >= 15 is 0 Å². The third kappa shape index (κ3) is 1.80. The molecule has 0 saturated carbocycles. The van der Waals surface area contributed by atoms with Crippen LogP contribution in [0.2, 0.25) is 5.02 Å². The van der Waals surface area contributed by atoms with E-state index < -0.39 is 0 Å². The number of nitrogens with two attached hydrogens (primary N) is 1. The first kappa shape index (κ1) is 11.0. The molecule has 90 valence electrons. The number of hydrogen-bond acceptors (Lipinski definition) is 3. The summed E-state index contributed by atoms with van der Waals surface area (Å²) >= 11 is 6.22. The summed E-state index contributed by atoms with van der Waals surface area (Å²) in [6.07, 6.45) is 0. The zero-order valence-electron chi connectivity index (χ0n) is 9.74. The summed E-state index contributed by atoms with van der Waals surface area (Å²) in [4.78, 5) is 11.8. The maximum Gasteiger partial charge on any atom is 0.180 e. The second kappa shape index (κ2) is 3.99. The zero-order valence-corrected chi connectivity index (χ0v) is 10.5. The van der Waals surface area contributed by atoms with Gasteiger partial charge in [0.1, 0.15) is 11.6 Å². The molecule has 2 aromatic heterocycles. The van der Waals surface area contributed by atoms with E-state index in [-0.39, 0.29) is 0 Å². The molecule has 0 aliphatic carbocycles. The van der Waals surface area contributed by atoms with Crippen molar-refractivity contribution in [3.8, 4) is 11.4 Å². The normalized spacial score (nSPS) is 11.0. The van der Waals surface area contributed by atoms with Crippen LogP contribution in [-0.4, -0.2) is 15.0 Å². The van der Waals surface area contributed by atoms with Crippen molar-refractivity contribution >= 4 is 28.6 Å². The molecule has 0 unspecified atom stereocenters. The van der Waals surface area contributed by atoms with Crippen LogP contribution in [0.5, 0.6) is 0 Å². The minimum atomic E-state index is 0.454. The van der Waals surface area contributed by atoms with Gasteiger partial charge in [-0.25, -0.2) is 9.97 Å². The highest BCUT2D eigenvalue weighted by atomic mass is 35.5. The molecule has 3 aromatic rings. The lowest BCUT2D eigenvalue weighted by atomic mass is 10.1. The summed E-state index contributed by atoms with van der Waals surface area (Å²) in [6.45, 7) is 2.00. The van der Waals surface area contributed by atoms with Gasteiger partial charge in [0, 0.05) is 5.56 Å². The number of anilines is 1. The van der Waals surface area contributed by atoms with Crippen LogP contribution in [0.15, 0.2) is 30.3 Å². The van der Waals surface area contributed by atoms with E-state index in [1.807, 2.05) is 31.2 Å². The summed E-state index contributed by atoms with van der Waals surface area (Å²) in [5, 5.41) is 0.669. The standard InChI is InChI=1S/C13H11ClN4/c1-7-2-3-8(9(14)6-7)12-16-10-4-5-11(15)17-13(10)18-12/h2-6H,1H3,(H3,15,16,17,18). The minimum absolute atomic E-state index is 0.454. The molecule has 0 atom stereocenters. The molecule has 0 spiro atoms. The van der Waals surface area contributed by atoms with Crippen LogP contribution < -0.4 is 5.73 Å². The monoisotopic (exact) mass is 258 g/mol. The van der Waals surface area contributed by atoms with Crippen molar-refractivity contribution in [1.82, 2.24) is 15.0 Å². The topological polar surface area (TPSA) is 67.6 Å². The van der Waals surface area contributed by atoms with Crippen molar-refractivity contribution in [2.45, 2.75) is 6.92 Å². The van der Waals surface area contributed by atoms with Gasteiger partial charge < -0.3 is 10.7 Å². The van der Waals surface area contributed by atoms with Crippen LogP contribution in [0.1, 0.15) is 5.56 Å². The fourth-order valence-corrected chi connectivity index (χ4v) is 2.17. The van der Waals surface area contributed by atoms with Gasteiger partial charge in [-0.15, -0.1) is 0 Å². The van der Waals surface area contributed by atoms with E-state index in [2.05, 4.69) is 15.0 Å². The molecule has 5 heteroatoms. The van der Waals surface area contributed by atoms with Gasteiger partial charge in [-0.2, -0.15) is 0 Å². The molecule has 0 fully saturated rings. The summed E-state index contributed by atoms with van der Waals surface area (Å²) < 4.78 is 0. The van der Waals surface area contributed by atoms with Crippen LogP contribution >= 0.6 is 11.6 Å². The predicted molar refractivity (Wildman–Crippen MR) is 73.5 cm³/mol. The Labute approximate surface area is 109 Å². The van der Waals surface area contributed by atoms with E-state index in [1.54, 1.807) is 6.07 Å². The van der Waals surface area contributed by atoms with Gasteiger partial charge in [0.15, 0.2) is 5.65 Å². The number of nitrogens with one attached hydrogen (secondary N) is 1. The Hall–Kier alpha value is -2.07. The highest BCUT2D eigenvalue weighted by Crippen LogP contribution is 2.28. The third-order valence-electron chi connectivity index (χ3n) is 2.75. The fraction of sp³-hybridized carbons (Fsp3) is 0.0769. The van der Waals surface area contributed by atoms with Gasteiger partial charge >= 0.3 is 0 Å². The second-order valence-electron chi connectivity index (χ2n) is 4.18. The molecular weight excluding hydrogens is 248 g/mol. The van der Waals surface area contributed by atoms with Crippen molar-refractivity contribution in [2.24, 2.45) is 0 Å². The van der Waals surface area contributed by atoms with Crippen molar-refractivity contribution in [2.75, 3.05) is 5.73 Å². The highest BCUT2D eigenvalue weighted by Gasteiger charge is 2.09. The molecule has 0 aliphatic heterocycles. The molecule has 0 saturated heterocycles. The van der Waals surface area contributed by atoms with Crippen molar-refractivity contribution in [1.29, 1.82) is 0 Å². The quantitative estimate of drug-likeness (QED) is 0.704. The molecular formula is C13H11ClN4. The summed E-state index contributed by atoms with van der Waals surface area (Å²) in [5.74, 6) is 1.16. The van der Waals surface area contributed by atoms with Crippen molar-refractivity contribution < 1.29 is 0 Å². The van der Waals surface area contributed by atoms with E-state index in [9.17, 15) is 0 Å². The lowest BCUT2D eigenvalue weighted by Gasteiger charge is -2.01. The first-order chi connectivity index (χ1) is 8.63. The first-order valence-electron chi connectivity index (χ1n) is 5.52. The van der Waals surface area contributed by atoms with Gasteiger partial charge in [0.05, 0.1) is 10.5 Å². The average molecular weight is 259 g/mol. The van der Waals surface area contributed by atoms with Gasteiger partial charge in [0.25, 0.3) is 0 Å².